The first-order valence-corrected chi connectivity index (χ1v) is 45.4. The van der Waals surface area contributed by atoms with E-state index in [0.717, 1.165) is 77.0 Å². The van der Waals surface area contributed by atoms with Crippen LogP contribution in [0, 0.1) is 27.7 Å². The fraction of sp³-hybridized carbons (Fsp3) is 0.437. The molecule has 12 amide bonds. The highest BCUT2D eigenvalue weighted by Crippen LogP contribution is 2.42. The van der Waals surface area contributed by atoms with Crippen molar-refractivity contribution in [2.45, 2.75) is 173 Å². The predicted molar refractivity (Wildman–Crippen MR) is 490 cm³/mol. The van der Waals surface area contributed by atoms with Crippen LogP contribution in [0.5, 0.6) is 28.9 Å². The quantitative estimate of drug-likeness (QED) is 0.0258. The zero-order valence-electron chi connectivity index (χ0n) is 75.4. The van der Waals surface area contributed by atoms with E-state index < -0.39 is 170 Å². The maximum atomic E-state index is 13.4. The largest absolute Gasteiger partial charge is 0.536 e. The number of amides is 12. The number of nitrogen functional groups attached to an aromatic ring is 2. The van der Waals surface area contributed by atoms with Gasteiger partial charge in [-0.1, -0.05) is 72.8 Å². The van der Waals surface area contributed by atoms with Gasteiger partial charge in [0.1, 0.15) is 59.3 Å². The molecule has 3 aromatic heterocycles. The molecule has 7 aliphatic heterocycles. The number of benzene rings is 4. The number of carbonyl (C=O) groups excluding carboxylic acids is 14. The van der Waals surface area contributed by atoms with E-state index in [9.17, 15) is 102 Å². The molecule has 710 valence electrons. The zero-order valence-corrected chi connectivity index (χ0v) is 77.1. The third kappa shape index (κ3) is 24.4. The van der Waals surface area contributed by atoms with Crippen LogP contribution in [0.2, 0.25) is 23.3 Å². The molecule has 0 aliphatic carbocycles. The van der Waals surface area contributed by atoms with Crippen LogP contribution >= 0.6 is 22.7 Å². The molecule has 2 unspecified atom stereocenters. The predicted octanol–water partition coefficient (Wildman–Crippen LogP) is 1.75. The Morgan fingerprint density at radius 2 is 0.784 bits per heavy atom. The highest BCUT2D eigenvalue weighted by molar-refractivity contribution is 7.13. The molecule has 47 heteroatoms. The first-order chi connectivity index (χ1) is 63.7. The summed E-state index contributed by atoms with van der Waals surface area (Å²) in [6.45, 7) is 17.1. The molecule has 7 aromatic rings. The van der Waals surface area contributed by atoms with Crippen molar-refractivity contribution in [3.05, 3.63) is 168 Å². The number of ketones is 4. The Bertz CT molecular complexity index is 5520. The normalized spacial score (nSPS) is 18.7. The molecule has 7 aliphatic rings. The Morgan fingerprint density at radius 1 is 0.463 bits per heavy atom. The maximum Gasteiger partial charge on any atom is 0.526 e. The SMILES string of the molecule is CCN1CCN(C(=O)N[C@@H](C(=O)C[C@H]2Cc3cccc(C)c3OB2O)[C@@H](C)O)C(=O)C1=O.CCN1CCN(C(=O)N[C@@H](C(=O)C[C@H]2Cc3cccc(C)c3OB2O)[C@H](C)O)C(=O)C1=O.CCN1CCN(CC(=O)NC(C(=O)C[C@H]2Cc3cccc(C)c3OB2O)c2csc(N)n2)C(=O)C1=O.COc1ccc(C(=O)NC(C(=O)C[C@H]2Cc3cccc(C)c3OB2O)c2csc(N)n2)c(=O)[nH]1. The number of aliphatic hydroxyl groups is 2. The van der Waals surface area contributed by atoms with E-state index in [1.54, 1.807) is 31.5 Å². The number of aliphatic hydroxyl groups excluding tert-OH is 2. The zero-order chi connectivity index (χ0) is 97.5. The van der Waals surface area contributed by atoms with Gasteiger partial charge < -0.3 is 106 Å². The summed E-state index contributed by atoms with van der Waals surface area (Å²) in [5.74, 6) is -7.64. The fourth-order valence-corrected chi connectivity index (χ4v) is 17.7. The first-order valence-electron chi connectivity index (χ1n) is 43.6. The van der Waals surface area contributed by atoms with Crippen molar-refractivity contribution in [3.63, 3.8) is 0 Å². The highest BCUT2D eigenvalue weighted by Gasteiger charge is 2.47. The smallest absolute Gasteiger partial charge is 0.526 e. The van der Waals surface area contributed by atoms with Gasteiger partial charge in [-0.15, -0.1) is 22.7 Å². The van der Waals surface area contributed by atoms with E-state index in [1.807, 2.05) is 100 Å². The number of aromatic nitrogens is 3. The number of H-pyrrole nitrogens is 1. The number of nitrogens with one attached hydrogen (secondary N) is 5. The first kappa shape index (κ1) is 102. The number of ether oxygens (including phenoxy) is 1. The number of nitrogens with two attached hydrogens (primary N) is 2. The summed E-state index contributed by atoms with van der Waals surface area (Å²) in [4.78, 5) is 206. The minimum atomic E-state index is -1.30. The number of aryl methyl sites for hydroxylation is 4. The van der Waals surface area contributed by atoms with Gasteiger partial charge in [0, 0.05) is 119 Å². The summed E-state index contributed by atoms with van der Waals surface area (Å²) in [6.07, 6.45) is -1.30. The van der Waals surface area contributed by atoms with Crippen molar-refractivity contribution in [3.8, 4) is 28.9 Å². The molecule has 3 fully saturated rings. The number of para-hydroxylation sites is 4. The highest BCUT2D eigenvalue weighted by atomic mass is 32.1. The number of fused-ring (bicyclic) bond motifs is 4. The molecule has 134 heavy (non-hydrogen) atoms. The Balaban J connectivity index is 0.000000172. The van der Waals surface area contributed by atoms with Crippen molar-refractivity contribution in [1.29, 1.82) is 0 Å². The molecule has 0 saturated carbocycles. The topological polar surface area (TPSA) is 585 Å². The summed E-state index contributed by atoms with van der Waals surface area (Å²) >= 11 is 2.25. The molecule has 4 aromatic carbocycles. The number of piperazine rings is 3. The Labute approximate surface area is 779 Å². The van der Waals surface area contributed by atoms with E-state index in [2.05, 4.69) is 36.2 Å². The summed E-state index contributed by atoms with van der Waals surface area (Å²) in [6, 6.07) is 18.5. The van der Waals surface area contributed by atoms with Gasteiger partial charge in [0.05, 0.1) is 30.7 Å². The van der Waals surface area contributed by atoms with Gasteiger partial charge >= 0.3 is 76.0 Å². The van der Waals surface area contributed by atoms with Gasteiger partial charge in [-0.3, -0.25) is 77.1 Å². The molecule has 10 heterocycles. The molecule has 0 radical (unpaired) electrons. The second-order valence-electron chi connectivity index (χ2n) is 33.4. The van der Waals surface area contributed by atoms with Crippen LogP contribution in [-0.4, -0.2) is 282 Å². The number of urea groups is 2. The molecular formula is C87H107B4N15O26S2. The molecule has 0 bridgehead atoms. The van der Waals surface area contributed by atoms with Gasteiger partial charge in [-0.2, -0.15) is 0 Å². The van der Waals surface area contributed by atoms with Crippen molar-refractivity contribution >= 4 is 144 Å². The maximum absolute atomic E-state index is 13.4. The number of thiazole rings is 2. The third-order valence-corrected chi connectivity index (χ3v) is 25.4. The van der Waals surface area contributed by atoms with Crippen molar-refractivity contribution in [1.82, 2.24) is 65.6 Å². The number of rotatable bonds is 27. The number of hydrogen-bond donors (Lipinski definition) is 13. The number of nitrogens with zero attached hydrogens (tertiary/aromatic N) is 8. The van der Waals surface area contributed by atoms with Crippen LogP contribution in [0.4, 0.5) is 19.9 Å². The molecule has 10 atom stereocenters. The Hall–Kier alpha value is -12.9. The van der Waals surface area contributed by atoms with Crippen LogP contribution in [0.1, 0.15) is 139 Å². The number of methoxy groups -OCH3 is 1. The lowest BCUT2D eigenvalue weighted by atomic mass is 9.64. The van der Waals surface area contributed by atoms with Gasteiger partial charge in [-0.25, -0.2) is 19.6 Å². The average molecular weight is 1890 g/mol. The Morgan fingerprint density at radius 3 is 1.10 bits per heavy atom. The summed E-state index contributed by atoms with van der Waals surface area (Å²) < 4.78 is 27.5. The average Bonchev–Trinajstić information content (AvgIpc) is 1.11. The molecule has 41 nitrogen and oxygen atoms in total. The van der Waals surface area contributed by atoms with Gasteiger partial charge in [-0.05, 0) is 145 Å². The number of aromatic amines is 1. The number of anilines is 2. The van der Waals surface area contributed by atoms with Crippen LogP contribution in [0.15, 0.2) is 100 Å². The van der Waals surface area contributed by atoms with E-state index >= 15 is 0 Å². The number of Topliss-reactive ketones (excluding diaryl/α,β-unsaturated/α-hetero) is 4. The molecule has 0 spiro atoms. The second kappa shape index (κ2) is 45.2. The minimum Gasteiger partial charge on any atom is -0.536 e. The molecule has 14 rings (SSSR count). The van der Waals surface area contributed by atoms with Crippen molar-refractivity contribution in [2.75, 3.05) is 84.0 Å². The summed E-state index contributed by atoms with van der Waals surface area (Å²) in [5, 5.41) is 75.7. The van der Waals surface area contributed by atoms with E-state index in [-0.39, 0.29) is 104 Å². The second-order valence-corrected chi connectivity index (χ2v) is 35.1. The lowest BCUT2D eigenvalue weighted by Crippen LogP contribution is -2.61. The molecule has 3 saturated heterocycles. The van der Waals surface area contributed by atoms with Crippen LogP contribution in [0.3, 0.4) is 0 Å². The minimum absolute atomic E-state index is 0.00369. The van der Waals surface area contributed by atoms with E-state index in [0.29, 0.717) is 74.9 Å². The van der Waals surface area contributed by atoms with Crippen molar-refractivity contribution in [2.24, 2.45) is 0 Å². The van der Waals surface area contributed by atoms with Gasteiger partial charge in [0.15, 0.2) is 39.3 Å². The summed E-state index contributed by atoms with van der Waals surface area (Å²) in [5.41, 5.74) is 18.2. The number of pyridine rings is 1. The van der Waals surface area contributed by atoms with Gasteiger partial charge in [0.2, 0.25) is 5.91 Å². The lowest BCUT2D eigenvalue weighted by molar-refractivity contribution is -0.156. The number of hydrogen-bond acceptors (Lipinski definition) is 32. The molecule has 15 N–H and O–H groups in total. The number of imide groups is 2. The third-order valence-electron chi connectivity index (χ3n) is 24.0. The lowest BCUT2D eigenvalue weighted by Gasteiger charge is -2.33. The van der Waals surface area contributed by atoms with Crippen LogP contribution < -0.4 is 61.6 Å². The Kier molecular flexibility index (Phi) is 34.3. The van der Waals surface area contributed by atoms with E-state index in [4.69, 9.17) is 34.8 Å². The van der Waals surface area contributed by atoms with E-state index in [1.165, 1.54) is 52.7 Å². The van der Waals surface area contributed by atoms with Crippen molar-refractivity contribution < 1.29 is 121 Å². The number of carbonyl (C=O) groups is 14. The van der Waals surface area contributed by atoms with Crippen LogP contribution in [-0.2, 0) is 78.4 Å². The fourth-order valence-electron chi connectivity index (χ4n) is 16.5. The van der Waals surface area contributed by atoms with Crippen LogP contribution in [0.25, 0.3) is 0 Å². The van der Waals surface area contributed by atoms with Gasteiger partial charge in [0.25, 0.3) is 11.5 Å². The molecular weight excluding hydrogens is 1780 g/mol. The monoisotopic (exact) mass is 1890 g/mol. The number of likely N-dealkylation sites (N-methyl/N-ethyl adjacent to an activating group) is 3. The standard InChI is InChI=1S/C23H28BN5O6S.C22H23BN4O6S.2C21H28BN3O7/c1-3-28-7-8-29(22(33)21(28)32)11-18(31)27-19(16-12-36-23(25)26-16)17(30)10-15-9-14-6-4-5-13(2)20(14)35-24(15)34;1-11-4-3-5-12-8-13(23(31)33-19(11)12)9-16(28)18(15-10-34-22(24)25-15)27-21(30)14-6-7-17(32-2)26-20(14)29;2*1-4-24-8-9-25(20(29)19(24)28)21(30)23-17(13(3)26)16(27)11-15-10-14-7-5-6-12(2)18(14)32-22(15)31/h4-6,12,15,19,34H,3,7-11H2,1-2H3,(H2,25,26)(H,27,31);3-7,10,13,18,31H,8-9H2,1-2H3,(H2,24,25)(H,26,29)(H,27,30);2*5-7,13,15,17,26,31H,4,8-11H2,1-3H3,(H,23,30)/t15-,19?;13-,18?;13-,15+,17+;13-,15-,17-/m1101/s1. The summed E-state index contributed by atoms with van der Waals surface area (Å²) in [7, 11) is -3.40.